The molecule has 1 aliphatic carbocycles. The van der Waals surface area contributed by atoms with E-state index in [1.807, 2.05) is 0 Å². The van der Waals surface area contributed by atoms with Gasteiger partial charge in [-0.3, -0.25) is 9.59 Å². The van der Waals surface area contributed by atoms with E-state index in [9.17, 15) is 19.5 Å². The summed E-state index contributed by atoms with van der Waals surface area (Å²) in [7, 11) is -1.68. The number of ketones is 1. The standard InChI is InChI=1S/C22H35NO7Si/c1-4-29-31(27,30-5-2)16-8-15-23-21(25)19-9-6-7-14-22(19,26)20(24)17-10-12-18(28-3)13-11-17/h10-13,19,26-27H,4-9,14-16H2,1-3H3,(H,23,25). The van der Waals surface area contributed by atoms with E-state index in [0.29, 0.717) is 56.4 Å². The van der Waals surface area contributed by atoms with E-state index in [2.05, 4.69) is 5.32 Å². The highest BCUT2D eigenvalue weighted by Gasteiger charge is 2.49. The predicted molar refractivity (Wildman–Crippen MR) is 118 cm³/mol. The molecule has 0 bridgehead atoms. The first-order valence-corrected chi connectivity index (χ1v) is 13.0. The molecule has 8 nitrogen and oxygen atoms in total. The maximum atomic E-state index is 13.1. The van der Waals surface area contributed by atoms with Crippen molar-refractivity contribution in [1.29, 1.82) is 0 Å². The second-order valence-corrected chi connectivity index (χ2v) is 10.3. The third-order valence-electron chi connectivity index (χ3n) is 5.65. The summed E-state index contributed by atoms with van der Waals surface area (Å²) in [5.41, 5.74) is -1.38. The fourth-order valence-corrected chi connectivity index (χ4v) is 5.95. The van der Waals surface area contributed by atoms with Gasteiger partial charge >= 0.3 is 8.80 Å². The van der Waals surface area contributed by atoms with Crippen LogP contribution in [0.5, 0.6) is 5.75 Å². The number of ether oxygens (including phenoxy) is 1. The summed E-state index contributed by atoms with van der Waals surface area (Å²) in [4.78, 5) is 36.4. The molecule has 1 aromatic carbocycles. The minimum absolute atomic E-state index is 0.247. The van der Waals surface area contributed by atoms with E-state index in [-0.39, 0.29) is 12.3 Å². The van der Waals surface area contributed by atoms with Crippen LogP contribution in [0.4, 0.5) is 0 Å². The number of carbonyl (C=O) groups excluding carboxylic acids is 2. The lowest BCUT2D eigenvalue weighted by Crippen LogP contribution is -2.54. The van der Waals surface area contributed by atoms with Gasteiger partial charge in [0.2, 0.25) is 5.91 Å². The van der Waals surface area contributed by atoms with Crippen LogP contribution in [0.25, 0.3) is 0 Å². The Hall–Kier alpha value is -1.78. The minimum Gasteiger partial charge on any atom is -0.497 e. The molecule has 9 heteroatoms. The molecule has 0 radical (unpaired) electrons. The number of Topliss-reactive ketones (excluding diaryl/α,β-unsaturated/α-hetero) is 1. The van der Waals surface area contributed by atoms with E-state index < -0.39 is 26.1 Å². The lowest BCUT2D eigenvalue weighted by molar-refractivity contribution is -0.134. The number of nitrogens with one attached hydrogen (secondary N) is 1. The summed E-state index contributed by atoms with van der Waals surface area (Å²) >= 11 is 0. The van der Waals surface area contributed by atoms with Gasteiger partial charge in [-0.1, -0.05) is 12.8 Å². The summed E-state index contributed by atoms with van der Waals surface area (Å²) in [5.74, 6) is -0.985. The summed E-state index contributed by atoms with van der Waals surface area (Å²) < 4.78 is 15.9. The lowest BCUT2D eigenvalue weighted by Gasteiger charge is -2.37. The Morgan fingerprint density at radius 1 is 1.16 bits per heavy atom. The number of hydrogen-bond acceptors (Lipinski definition) is 7. The summed E-state index contributed by atoms with van der Waals surface area (Å²) in [6, 6.07) is 6.87. The van der Waals surface area contributed by atoms with E-state index in [4.69, 9.17) is 13.6 Å². The molecule has 0 saturated heterocycles. The molecule has 0 aromatic heterocycles. The number of methoxy groups -OCH3 is 1. The van der Waals surface area contributed by atoms with E-state index in [1.54, 1.807) is 38.1 Å². The van der Waals surface area contributed by atoms with Crippen molar-refractivity contribution < 1.29 is 33.1 Å². The second-order valence-electron chi connectivity index (χ2n) is 7.75. The van der Waals surface area contributed by atoms with Crippen molar-refractivity contribution in [2.45, 2.75) is 57.6 Å². The summed E-state index contributed by atoms with van der Waals surface area (Å²) in [6.07, 6.45) is 2.63. The smallest absolute Gasteiger partial charge is 0.497 e. The van der Waals surface area contributed by atoms with Gasteiger partial charge in [0.1, 0.15) is 11.4 Å². The lowest BCUT2D eigenvalue weighted by atomic mass is 9.71. The Morgan fingerprint density at radius 2 is 1.81 bits per heavy atom. The van der Waals surface area contributed by atoms with Gasteiger partial charge in [-0.05, 0) is 57.4 Å². The monoisotopic (exact) mass is 453 g/mol. The molecule has 1 aromatic rings. The fourth-order valence-electron chi connectivity index (χ4n) is 4.05. The Balaban J connectivity index is 2.00. The normalized spacial score (nSPS) is 21.5. The van der Waals surface area contributed by atoms with Crippen LogP contribution in [-0.2, 0) is 13.6 Å². The molecule has 0 aliphatic heterocycles. The molecule has 3 N–H and O–H groups in total. The average Bonchev–Trinajstić information content (AvgIpc) is 2.77. The minimum atomic E-state index is -3.22. The van der Waals surface area contributed by atoms with Gasteiger partial charge in [-0.15, -0.1) is 0 Å². The maximum Gasteiger partial charge on any atom is 0.498 e. The maximum absolute atomic E-state index is 13.1. The van der Waals surface area contributed by atoms with Crippen LogP contribution >= 0.6 is 0 Å². The first kappa shape index (κ1) is 25.5. The van der Waals surface area contributed by atoms with Gasteiger partial charge in [-0.2, -0.15) is 0 Å². The summed E-state index contributed by atoms with van der Waals surface area (Å²) in [6.45, 7) is 4.61. The molecule has 2 unspecified atom stereocenters. The predicted octanol–water partition coefficient (Wildman–Crippen LogP) is 2.31. The molecular weight excluding hydrogens is 418 g/mol. The van der Waals surface area contributed by atoms with E-state index >= 15 is 0 Å². The number of benzene rings is 1. The van der Waals surface area contributed by atoms with Crippen LogP contribution < -0.4 is 10.1 Å². The van der Waals surface area contributed by atoms with Crippen LogP contribution in [0.15, 0.2) is 24.3 Å². The third-order valence-corrected chi connectivity index (χ3v) is 8.11. The number of carbonyl (C=O) groups is 2. The highest BCUT2D eigenvalue weighted by molar-refractivity contribution is 6.59. The van der Waals surface area contributed by atoms with Crippen molar-refractivity contribution in [2.75, 3.05) is 26.9 Å². The van der Waals surface area contributed by atoms with Crippen LogP contribution in [0.3, 0.4) is 0 Å². The Morgan fingerprint density at radius 3 is 2.39 bits per heavy atom. The number of amides is 1. The molecule has 1 saturated carbocycles. The summed E-state index contributed by atoms with van der Waals surface area (Å²) in [5, 5.41) is 14.1. The molecule has 174 valence electrons. The zero-order valence-electron chi connectivity index (χ0n) is 18.7. The third kappa shape index (κ3) is 6.60. The Labute approximate surface area is 185 Å². The van der Waals surface area contributed by atoms with Gasteiger partial charge < -0.3 is 28.8 Å². The topological polar surface area (TPSA) is 114 Å². The first-order chi connectivity index (χ1) is 14.8. The Bertz CT molecular complexity index is 721. The largest absolute Gasteiger partial charge is 0.498 e. The molecule has 2 rings (SSSR count). The van der Waals surface area contributed by atoms with Crippen molar-refractivity contribution in [3.8, 4) is 5.75 Å². The molecule has 1 amide bonds. The van der Waals surface area contributed by atoms with Crippen molar-refractivity contribution in [1.82, 2.24) is 5.32 Å². The Kier molecular flexibility index (Phi) is 9.64. The zero-order valence-corrected chi connectivity index (χ0v) is 19.7. The van der Waals surface area contributed by atoms with Gasteiger partial charge in [0, 0.05) is 31.4 Å². The molecular formula is C22H35NO7Si. The van der Waals surface area contributed by atoms with Gasteiger partial charge in [-0.25, -0.2) is 0 Å². The first-order valence-electron chi connectivity index (χ1n) is 11.0. The number of hydrogen-bond donors (Lipinski definition) is 3. The zero-order chi connectivity index (χ0) is 22.9. The van der Waals surface area contributed by atoms with Crippen molar-refractivity contribution >= 4 is 20.5 Å². The molecule has 31 heavy (non-hydrogen) atoms. The number of aliphatic hydroxyl groups is 1. The molecule has 1 fully saturated rings. The molecule has 0 spiro atoms. The highest BCUT2D eigenvalue weighted by atomic mass is 28.4. The van der Waals surface area contributed by atoms with Crippen LogP contribution in [0, 0.1) is 5.92 Å². The van der Waals surface area contributed by atoms with Gasteiger partial charge in [0.05, 0.1) is 13.0 Å². The van der Waals surface area contributed by atoms with Crippen LogP contribution in [0.2, 0.25) is 6.04 Å². The van der Waals surface area contributed by atoms with Crippen LogP contribution in [-0.4, -0.2) is 62.9 Å². The van der Waals surface area contributed by atoms with Crippen molar-refractivity contribution in [2.24, 2.45) is 5.92 Å². The average molecular weight is 454 g/mol. The fraction of sp³-hybridized carbons (Fsp3) is 0.636. The van der Waals surface area contributed by atoms with Gasteiger partial charge in [0.15, 0.2) is 5.78 Å². The quantitative estimate of drug-likeness (QED) is 0.253. The molecule has 0 heterocycles. The number of rotatable bonds is 12. The van der Waals surface area contributed by atoms with E-state index in [1.165, 1.54) is 7.11 Å². The van der Waals surface area contributed by atoms with Crippen molar-refractivity contribution in [3.05, 3.63) is 29.8 Å². The molecule has 2 atom stereocenters. The van der Waals surface area contributed by atoms with Gasteiger partial charge in [0.25, 0.3) is 0 Å². The van der Waals surface area contributed by atoms with E-state index in [0.717, 1.165) is 6.42 Å². The highest BCUT2D eigenvalue weighted by Crippen LogP contribution is 2.37. The van der Waals surface area contributed by atoms with Crippen LogP contribution in [0.1, 0.15) is 56.3 Å². The second kappa shape index (κ2) is 11.7. The molecule has 1 aliphatic rings. The SMILES string of the molecule is CCO[Si](O)(CCCNC(=O)C1CCCCC1(O)C(=O)c1ccc(OC)cc1)OCC. The van der Waals surface area contributed by atoms with Crippen molar-refractivity contribution in [3.63, 3.8) is 0 Å².